The van der Waals surface area contributed by atoms with Gasteiger partial charge in [-0.25, -0.2) is 0 Å². The molecule has 0 saturated carbocycles. The molecule has 0 spiro atoms. The third kappa shape index (κ3) is 4.84. The molecule has 0 aliphatic heterocycles. The number of hydrogen-bond donors (Lipinski definition) is 0. The van der Waals surface area contributed by atoms with Crippen LogP contribution in [0.25, 0.3) is 0 Å². The van der Waals surface area contributed by atoms with Gasteiger partial charge in [-0.05, 0) is 23.3 Å². The summed E-state index contributed by atoms with van der Waals surface area (Å²) in [6.45, 7) is 4.28. The van der Waals surface area contributed by atoms with Gasteiger partial charge >= 0.3 is 0 Å². The maximum absolute atomic E-state index is 13.1. The van der Waals surface area contributed by atoms with Gasteiger partial charge in [0, 0.05) is 18.4 Å². The fraction of sp³-hybridized carbons (Fsp3) is 0.160. The van der Waals surface area contributed by atoms with E-state index in [1.807, 2.05) is 60.7 Å². The first-order chi connectivity index (χ1) is 13.1. The fourth-order valence-electron chi connectivity index (χ4n) is 3.08. The summed E-state index contributed by atoms with van der Waals surface area (Å²) in [7, 11) is -2.15. The van der Waals surface area contributed by atoms with E-state index in [2.05, 4.69) is 49.2 Å². The van der Waals surface area contributed by atoms with Crippen LogP contribution in [0.15, 0.2) is 84.9 Å². The number of carbonyl (C=O) groups excluding carboxylic acids is 1. The number of hydrogen-bond acceptors (Lipinski definition) is 1. The van der Waals surface area contributed by atoms with Crippen LogP contribution in [0.1, 0.15) is 16.7 Å². The molecule has 3 aromatic rings. The van der Waals surface area contributed by atoms with E-state index in [1.165, 1.54) is 5.19 Å². The lowest BCUT2D eigenvalue weighted by Crippen LogP contribution is -2.50. The summed E-state index contributed by atoms with van der Waals surface area (Å²) in [5.41, 5.74) is 3.26. The van der Waals surface area contributed by atoms with Gasteiger partial charge in [-0.15, -0.1) is 0 Å². The van der Waals surface area contributed by atoms with Gasteiger partial charge in [0.25, 0.3) is 0 Å². The van der Waals surface area contributed by atoms with Crippen molar-refractivity contribution in [1.29, 1.82) is 0 Å². The zero-order valence-corrected chi connectivity index (χ0v) is 16.9. The Morgan fingerprint density at radius 3 is 2.00 bits per heavy atom. The highest BCUT2D eigenvalue weighted by atomic mass is 28.3. The number of benzene rings is 3. The summed E-state index contributed by atoms with van der Waals surface area (Å²) in [6, 6.07) is 28.4. The molecule has 0 aliphatic rings. The first-order valence-electron chi connectivity index (χ1n) is 9.27. The van der Waals surface area contributed by atoms with E-state index in [0.29, 0.717) is 18.2 Å². The molecule has 3 rings (SSSR count). The van der Waals surface area contributed by atoms with Gasteiger partial charge in [0.2, 0.25) is 0 Å². The van der Waals surface area contributed by atoms with Gasteiger partial charge < -0.3 is 4.79 Å². The standard InChI is InChI=1S/C25H24OSi/c1-27(2,24-18-7-4-8-19-24)25(26)20-23-16-10-9-15-22(23)17-11-14-21-12-5-3-6-13-21/h3-10,12-13,15-16,18-19H,17,20H2,1-2H3. The predicted molar refractivity (Wildman–Crippen MR) is 116 cm³/mol. The number of carbonyl (C=O) groups is 1. The van der Waals surface area contributed by atoms with E-state index >= 15 is 0 Å². The summed E-state index contributed by atoms with van der Waals surface area (Å²) in [6.07, 6.45) is 1.14. The average Bonchev–Trinajstić information content (AvgIpc) is 2.70. The van der Waals surface area contributed by atoms with Crippen LogP contribution < -0.4 is 5.19 Å². The van der Waals surface area contributed by atoms with E-state index < -0.39 is 8.07 Å². The van der Waals surface area contributed by atoms with Crippen molar-refractivity contribution in [3.8, 4) is 11.8 Å². The van der Waals surface area contributed by atoms with Gasteiger partial charge in [0.1, 0.15) is 5.41 Å². The van der Waals surface area contributed by atoms with Gasteiger partial charge in [-0.1, -0.05) is 103 Å². The van der Waals surface area contributed by atoms with Gasteiger partial charge in [-0.2, -0.15) is 0 Å². The molecule has 0 fully saturated rings. The van der Waals surface area contributed by atoms with E-state index in [0.717, 1.165) is 16.7 Å². The van der Waals surface area contributed by atoms with Crippen LogP contribution in [-0.2, 0) is 17.6 Å². The summed E-state index contributed by atoms with van der Waals surface area (Å²) in [4.78, 5) is 13.1. The van der Waals surface area contributed by atoms with Crippen LogP contribution in [-0.4, -0.2) is 13.5 Å². The number of rotatable bonds is 5. The van der Waals surface area contributed by atoms with Crippen molar-refractivity contribution < 1.29 is 4.79 Å². The average molecular weight is 369 g/mol. The highest BCUT2D eigenvalue weighted by molar-refractivity contribution is 7.13. The molecular formula is C25H24OSi. The highest BCUT2D eigenvalue weighted by Gasteiger charge is 2.32. The second kappa shape index (κ2) is 8.66. The molecule has 0 atom stereocenters. The second-order valence-electron chi connectivity index (χ2n) is 7.20. The van der Waals surface area contributed by atoms with Crippen LogP contribution >= 0.6 is 0 Å². The minimum absolute atomic E-state index is 0.358. The van der Waals surface area contributed by atoms with E-state index in [9.17, 15) is 4.79 Å². The lowest BCUT2D eigenvalue weighted by Gasteiger charge is -2.21. The topological polar surface area (TPSA) is 17.1 Å². The molecule has 0 aromatic heterocycles. The summed E-state index contributed by atoms with van der Waals surface area (Å²) in [5.74, 6) is 6.46. The summed E-state index contributed by atoms with van der Waals surface area (Å²) < 4.78 is 0. The largest absolute Gasteiger partial charge is 0.305 e. The molecule has 1 nitrogen and oxygen atoms in total. The fourth-order valence-corrected chi connectivity index (χ4v) is 5.06. The van der Waals surface area contributed by atoms with Crippen LogP contribution in [0, 0.1) is 11.8 Å². The van der Waals surface area contributed by atoms with Gasteiger partial charge in [0.05, 0.1) is 0 Å². The molecule has 0 aliphatic carbocycles. The van der Waals surface area contributed by atoms with Crippen molar-refractivity contribution in [2.45, 2.75) is 25.9 Å². The maximum atomic E-state index is 13.1. The molecule has 134 valence electrons. The first-order valence-corrected chi connectivity index (χ1v) is 12.3. The zero-order chi connectivity index (χ0) is 19.1. The zero-order valence-electron chi connectivity index (χ0n) is 15.9. The van der Waals surface area contributed by atoms with Crippen LogP contribution in [0.3, 0.4) is 0 Å². The Morgan fingerprint density at radius 2 is 1.33 bits per heavy atom. The van der Waals surface area contributed by atoms with E-state index in [1.54, 1.807) is 0 Å². The lowest BCUT2D eigenvalue weighted by atomic mass is 10.0. The van der Waals surface area contributed by atoms with E-state index in [-0.39, 0.29) is 0 Å². The lowest BCUT2D eigenvalue weighted by molar-refractivity contribution is -0.112. The predicted octanol–water partition coefficient (Wildman–Crippen LogP) is 4.55. The van der Waals surface area contributed by atoms with E-state index in [4.69, 9.17) is 0 Å². The Balaban J connectivity index is 1.76. The molecule has 0 bridgehead atoms. The minimum atomic E-state index is -2.15. The van der Waals surface area contributed by atoms with Crippen molar-refractivity contribution in [2.75, 3.05) is 0 Å². The molecule has 0 heterocycles. The van der Waals surface area contributed by atoms with Crippen molar-refractivity contribution in [3.63, 3.8) is 0 Å². The molecule has 0 radical (unpaired) electrons. The van der Waals surface area contributed by atoms with Crippen LogP contribution in [0.5, 0.6) is 0 Å². The SMILES string of the molecule is C[Si](C)(C(=O)Cc1ccccc1CC#Cc1ccccc1)c1ccccc1. The molecule has 0 amide bonds. The molecule has 0 unspecified atom stereocenters. The van der Waals surface area contributed by atoms with Crippen LogP contribution in [0.4, 0.5) is 0 Å². The Labute approximate surface area is 163 Å². The normalized spacial score (nSPS) is 10.7. The molecule has 27 heavy (non-hydrogen) atoms. The maximum Gasteiger partial charge on any atom is 0.157 e. The Morgan fingerprint density at radius 1 is 0.778 bits per heavy atom. The van der Waals surface area contributed by atoms with Crippen molar-refractivity contribution in [1.82, 2.24) is 0 Å². The quantitative estimate of drug-likeness (QED) is 0.477. The minimum Gasteiger partial charge on any atom is -0.305 e. The molecule has 0 N–H and O–H groups in total. The van der Waals surface area contributed by atoms with Crippen LogP contribution in [0.2, 0.25) is 13.1 Å². The molecule has 3 aromatic carbocycles. The second-order valence-corrected chi connectivity index (χ2v) is 11.6. The van der Waals surface area contributed by atoms with Gasteiger partial charge in [0.15, 0.2) is 8.07 Å². The van der Waals surface area contributed by atoms with Crippen molar-refractivity contribution in [2.24, 2.45) is 0 Å². The molecule has 2 heteroatoms. The molecule has 0 saturated heterocycles. The Kier molecular flexibility index (Phi) is 6.06. The Hall–Kier alpha value is -2.89. The smallest absolute Gasteiger partial charge is 0.157 e. The molecular weight excluding hydrogens is 344 g/mol. The summed E-state index contributed by atoms with van der Waals surface area (Å²) in [5, 5.41) is 1.55. The summed E-state index contributed by atoms with van der Waals surface area (Å²) >= 11 is 0. The third-order valence-corrected chi connectivity index (χ3v) is 8.30. The monoisotopic (exact) mass is 368 g/mol. The highest BCUT2D eigenvalue weighted by Crippen LogP contribution is 2.15. The van der Waals surface area contributed by atoms with Crippen molar-refractivity contribution in [3.05, 3.63) is 102 Å². The third-order valence-electron chi connectivity index (χ3n) is 4.95. The Bertz CT molecular complexity index is 963. The van der Waals surface area contributed by atoms with Crippen molar-refractivity contribution >= 4 is 18.7 Å². The first kappa shape index (κ1) is 18.9. The van der Waals surface area contributed by atoms with Gasteiger partial charge in [-0.3, -0.25) is 0 Å².